The number of rotatable bonds is 4. The third kappa shape index (κ3) is 3.66. The summed E-state index contributed by atoms with van der Waals surface area (Å²) in [4.78, 5) is 12.8. The summed E-state index contributed by atoms with van der Waals surface area (Å²) in [6.45, 7) is 0. The Kier molecular flexibility index (Phi) is 4.98. The highest BCUT2D eigenvalue weighted by Gasteiger charge is 2.65. The van der Waals surface area contributed by atoms with E-state index in [0.29, 0.717) is 25.0 Å². The zero-order valence-electron chi connectivity index (χ0n) is 17.0. The second-order valence-electron chi connectivity index (χ2n) is 8.05. The van der Waals surface area contributed by atoms with Gasteiger partial charge in [-0.1, -0.05) is 12.1 Å². The van der Waals surface area contributed by atoms with Crippen molar-refractivity contribution in [3.05, 3.63) is 82.7 Å². The predicted octanol–water partition coefficient (Wildman–Crippen LogP) is 3.78. The Labute approximate surface area is 184 Å². The van der Waals surface area contributed by atoms with Crippen LogP contribution in [0, 0.1) is 11.6 Å². The van der Waals surface area contributed by atoms with E-state index in [4.69, 9.17) is 0 Å². The number of carbonyl (C=O) groups is 1. The number of alkyl halides is 3. The second-order valence-corrected chi connectivity index (χ2v) is 8.05. The van der Waals surface area contributed by atoms with Crippen LogP contribution in [0.5, 0.6) is 0 Å². The molecule has 0 bridgehead atoms. The highest BCUT2D eigenvalue weighted by molar-refractivity contribution is 5.94. The number of nitrogens with one attached hydrogen (secondary N) is 3. The van der Waals surface area contributed by atoms with Gasteiger partial charge in [-0.2, -0.15) is 18.3 Å². The van der Waals surface area contributed by atoms with Crippen LogP contribution in [-0.4, -0.2) is 21.9 Å². The van der Waals surface area contributed by atoms with Crippen molar-refractivity contribution >= 4 is 5.91 Å². The molecule has 2 aliphatic rings. The van der Waals surface area contributed by atoms with Crippen molar-refractivity contribution in [1.82, 2.24) is 25.9 Å². The van der Waals surface area contributed by atoms with Crippen molar-refractivity contribution in [2.24, 2.45) is 0 Å². The molecule has 2 heterocycles. The smallest absolute Gasteiger partial charge is 0.345 e. The molecule has 0 spiro atoms. The molecule has 1 fully saturated rings. The summed E-state index contributed by atoms with van der Waals surface area (Å²) in [5, 5.41) is 7.12. The first kappa shape index (κ1) is 21.5. The SMILES string of the molecule is O=C(NC1CCCc2c1cnn2-c1ccc(F)cc1F)c1ccc(C2(C(F)(F)F)NN2)cc1. The Balaban J connectivity index is 1.35. The maximum atomic E-state index is 14.3. The van der Waals surface area contributed by atoms with Crippen LogP contribution in [-0.2, 0) is 12.1 Å². The van der Waals surface area contributed by atoms with Gasteiger partial charge in [0.1, 0.15) is 11.5 Å². The van der Waals surface area contributed by atoms with Gasteiger partial charge in [0.2, 0.25) is 5.66 Å². The van der Waals surface area contributed by atoms with Gasteiger partial charge in [-0.25, -0.2) is 24.3 Å². The van der Waals surface area contributed by atoms with Gasteiger partial charge in [-0.15, -0.1) is 0 Å². The average molecular weight is 463 g/mol. The Bertz CT molecular complexity index is 1220. The van der Waals surface area contributed by atoms with Crippen molar-refractivity contribution in [3.8, 4) is 5.69 Å². The van der Waals surface area contributed by atoms with Gasteiger partial charge >= 0.3 is 6.18 Å². The number of hydrogen-bond acceptors (Lipinski definition) is 4. The third-order valence-corrected chi connectivity index (χ3v) is 6.01. The van der Waals surface area contributed by atoms with Crippen molar-refractivity contribution < 1.29 is 26.7 Å². The fourth-order valence-corrected chi connectivity index (χ4v) is 4.19. The van der Waals surface area contributed by atoms with Crippen molar-refractivity contribution in [1.29, 1.82) is 0 Å². The van der Waals surface area contributed by atoms with E-state index >= 15 is 0 Å². The molecule has 0 radical (unpaired) electrons. The van der Waals surface area contributed by atoms with E-state index in [0.717, 1.165) is 17.7 Å². The Morgan fingerprint density at radius 2 is 1.85 bits per heavy atom. The van der Waals surface area contributed by atoms with E-state index in [9.17, 15) is 26.7 Å². The van der Waals surface area contributed by atoms with E-state index in [1.165, 1.54) is 35.0 Å². The van der Waals surface area contributed by atoms with Gasteiger partial charge in [0, 0.05) is 22.9 Å². The maximum Gasteiger partial charge on any atom is 0.426 e. The minimum Gasteiger partial charge on any atom is -0.345 e. The molecule has 3 aromatic rings. The normalized spacial score (nSPS) is 19.1. The third-order valence-electron chi connectivity index (χ3n) is 6.01. The van der Waals surface area contributed by atoms with Crippen molar-refractivity contribution in [2.75, 3.05) is 0 Å². The van der Waals surface area contributed by atoms with Crippen LogP contribution in [0.25, 0.3) is 5.69 Å². The van der Waals surface area contributed by atoms with E-state index in [1.54, 1.807) is 6.20 Å². The zero-order chi connectivity index (χ0) is 23.4. The Morgan fingerprint density at radius 3 is 2.48 bits per heavy atom. The monoisotopic (exact) mass is 463 g/mol. The number of fused-ring (bicyclic) bond motifs is 1. The molecule has 1 aliphatic carbocycles. The molecule has 1 saturated heterocycles. The van der Waals surface area contributed by atoms with Crippen LogP contribution in [0.1, 0.15) is 46.1 Å². The molecule has 1 unspecified atom stereocenters. The molecule has 1 aromatic heterocycles. The molecule has 1 atom stereocenters. The minimum atomic E-state index is -4.53. The number of halogens is 5. The fourth-order valence-electron chi connectivity index (χ4n) is 4.19. The number of amides is 1. The summed E-state index contributed by atoms with van der Waals surface area (Å²) < 4.78 is 68.5. The zero-order valence-corrected chi connectivity index (χ0v) is 17.0. The van der Waals surface area contributed by atoms with E-state index in [1.807, 2.05) is 0 Å². The van der Waals surface area contributed by atoms with Gasteiger partial charge in [0.05, 0.1) is 12.2 Å². The number of hydrogen-bond donors (Lipinski definition) is 3. The Hall–Kier alpha value is -3.31. The number of hydrazine groups is 1. The lowest BCUT2D eigenvalue weighted by Gasteiger charge is -2.24. The van der Waals surface area contributed by atoms with E-state index in [-0.39, 0.29) is 16.8 Å². The summed E-state index contributed by atoms with van der Waals surface area (Å²) >= 11 is 0. The molecule has 33 heavy (non-hydrogen) atoms. The van der Waals surface area contributed by atoms with Crippen LogP contribution in [0.15, 0.2) is 48.7 Å². The highest BCUT2D eigenvalue weighted by Crippen LogP contribution is 2.42. The Morgan fingerprint density at radius 1 is 1.12 bits per heavy atom. The van der Waals surface area contributed by atoms with Crippen molar-refractivity contribution in [3.63, 3.8) is 0 Å². The molecule has 2 aromatic carbocycles. The standard InChI is InChI=1S/C22H18F5N5O/c23-14-8-9-19(16(24)10-14)32-18-3-1-2-17(15(18)11-28-32)29-20(33)12-4-6-13(7-5-12)21(30-31-21)22(25,26)27/h4-11,17,30-31H,1-3H2,(H,29,33). The molecule has 11 heteroatoms. The lowest BCUT2D eigenvalue weighted by Crippen LogP contribution is -2.35. The number of nitrogens with zero attached hydrogens (tertiary/aromatic N) is 2. The molecule has 1 amide bonds. The molecule has 6 nitrogen and oxygen atoms in total. The maximum absolute atomic E-state index is 14.3. The molecule has 172 valence electrons. The molecule has 1 aliphatic heterocycles. The number of benzene rings is 2. The van der Waals surface area contributed by atoms with Crippen LogP contribution in [0.2, 0.25) is 0 Å². The first-order valence-electron chi connectivity index (χ1n) is 10.2. The molecule has 0 saturated carbocycles. The van der Waals surface area contributed by atoms with Gasteiger partial charge < -0.3 is 5.32 Å². The summed E-state index contributed by atoms with van der Waals surface area (Å²) in [5.41, 5.74) is 3.66. The lowest BCUT2D eigenvalue weighted by molar-refractivity contribution is -0.165. The summed E-state index contributed by atoms with van der Waals surface area (Å²) in [6.07, 6.45) is -1.05. The van der Waals surface area contributed by atoms with Gasteiger partial charge in [0.25, 0.3) is 5.91 Å². The first-order chi connectivity index (χ1) is 15.7. The van der Waals surface area contributed by atoms with Gasteiger partial charge in [0.15, 0.2) is 5.82 Å². The predicted molar refractivity (Wildman–Crippen MR) is 107 cm³/mol. The molecular weight excluding hydrogens is 445 g/mol. The topological polar surface area (TPSA) is 90.8 Å². The van der Waals surface area contributed by atoms with Crippen molar-refractivity contribution in [2.45, 2.75) is 37.1 Å². The van der Waals surface area contributed by atoms with Crippen LogP contribution < -0.4 is 16.2 Å². The number of aromatic nitrogens is 2. The fraction of sp³-hybridized carbons (Fsp3) is 0.273. The van der Waals surface area contributed by atoms with E-state index < -0.39 is 35.4 Å². The van der Waals surface area contributed by atoms with Crippen LogP contribution in [0.3, 0.4) is 0 Å². The summed E-state index contributed by atoms with van der Waals surface area (Å²) in [5.74, 6) is -1.89. The first-order valence-corrected chi connectivity index (χ1v) is 10.2. The summed E-state index contributed by atoms with van der Waals surface area (Å²) in [6, 6.07) is 8.00. The molecular formula is C22H18F5N5O. The lowest BCUT2D eigenvalue weighted by atomic mass is 9.92. The average Bonchev–Trinajstić information content (AvgIpc) is 3.49. The number of carbonyl (C=O) groups excluding carboxylic acids is 1. The second kappa shape index (κ2) is 7.63. The van der Waals surface area contributed by atoms with Crippen LogP contribution >= 0.6 is 0 Å². The quantitative estimate of drug-likeness (QED) is 0.406. The molecule has 3 N–H and O–H groups in total. The summed E-state index contributed by atoms with van der Waals surface area (Å²) in [7, 11) is 0. The highest BCUT2D eigenvalue weighted by atomic mass is 19.4. The van der Waals surface area contributed by atoms with Crippen LogP contribution in [0.4, 0.5) is 22.0 Å². The largest absolute Gasteiger partial charge is 0.426 e. The van der Waals surface area contributed by atoms with E-state index in [2.05, 4.69) is 21.3 Å². The minimum absolute atomic E-state index is 0.0471. The molecule has 5 rings (SSSR count). The van der Waals surface area contributed by atoms with Gasteiger partial charge in [-0.05, 0) is 49.1 Å². The van der Waals surface area contributed by atoms with Gasteiger partial charge in [-0.3, -0.25) is 4.79 Å².